The van der Waals surface area contributed by atoms with Crippen LogP contribution in [0.4, 0.5) is 0 Å². The highest BCUT2D eigenvalue weighted by atomic mass is 35.5. The Morgan fingerprint density at radius 3 is 2.42 bits per heavy atom. The van der Waals surface area contributed by atoms with Gasteiger partial charge in [0, 0.05) is 12.1 Å². The van der Waals surface area contributed by atoms with E-state index in [9.17, 15) is 4.79 Å². The molecule has 0 bridgehead atoms. The summed E-state index contributed by atoms with van der Waals surface area (Å²) >= 11 is 6.25. The standard InChI is InChI=1S/C20H24ClNO4/c1-6-22(13(2)14-8-7-9-16(10-14)24-3)20(23)15-11-17(21)19(26-5)18(12-15)25-4/h7-13H,6H2,1-5H3. The van der Waals surface area contributed by atoms with Crippen molar-refractivity contribution in [3.05, 3.63) is 52.5 Å². The van der Waals surface area contributed by atoms with Gasteiger partial charge in [-0.05, 0) is 43.7 Å². The fourth-order valence-corrected chi connectivity index (χ4v) is 3.17. The first-order chi connectivity index (χ1) is 12.5. The van der Waals surface area contributed by atoms with Crippen molar-refractivity contribution in [3.8, 4) is 17.2 Å². The van der Waals surface area contributed by atoms with E-state index in [-0.39, 0.29) is 11.9 Å². The van der Waals surface area contributed by atoms with Crippen LogP contribution in [0.1, 0.15) is 35.8 Å². The highest BCUT2D eigenvalue weighted by Gasteiger charge is 2.24. The van der Waals surface area contributed by atoms with Crippen molar-refractivity contribution >= 4 is 17.5 Å². The summed E-state index contributed by atoms with van der Waals surface area (Å²) in [5.74, 6) is 1.46. The van der Waals surface area contributed by atoms with E-state index in [1.807, 2.05) is 38.1 Å². The second-order valence-electron chi connectivity index (χ2n) is 5.74. The molecule has 2 rings (SSSR count). The number of nitrogens with zero attached hydrogens (tertiary/aromatic N) is 1. The Bertz CT molecular complexity index is 778. The van der Waals surface area contributed by atoms with Gasteiger partial charge in [0.05, 0.1) is 32.4 Å². The summed E-state index contributed by atoms with van der Waals surface area (Å²) < 4.78 is 15.8. The topological polar surface area (TPSA) is 48.0 Å². The molecule has 0 N–H and O–H groups in total. The van der Waals surface area contributed by atoms with Gasteiger partial charge in [0.1, 0.15) is 5.75 Å². The molecule has 0 saturated carbocycles. The highest BCUT2D eigenvalue weighted by Crippen LogP contribution is 2.37. The van der Waals surface area contributed by atoms with Crippen molar-refractivity contribution in [2.45, 2.75) is 19.9 Å². The van der Waals surface area contributed by atoms with Crippen LogP contribution in [-0.2, 0) is 0 Å². The summed E-state index contributed by atoms with van der Waals surface area (Å²) in [5.41, 5.74) is 1.44. The fourth-order valence-electron chi connectivity index (χ4n) is 2.88. The van der Waals surface area contributed by atoms with Crippen LogP contribution < -0.4 is 14.2 Å². The van der Waals surface area contributed by atoms with Crippen LogP contribution in [0, 0.1) is 0 Å². The summed E-state index contributed by atoms with van der Waals surface area (Å²) in [7, 11) is 4.64. The lowest BCUT2D eigenvalue weighted by atomic mass is 10.0. The zero-order chi connectivity index (χ0) is 19.3. The Hall–Kier alpha value is -2.40. The minimum absolute atomic E-state index is 0.130. The lowest BCUT2D eigenvalue weighted by Crippen LogP contribution is -2.33. The van der Waals surface area contributed by atoms with Gasteiger partial charge in [-0.25, -0.2) is 0 Å². The van der Waals surface area contributed by atoms with Crippen LogP contribution >= 0.6 is 11.6 Å². The smallest absolute Gasteiger partial charge is 0.254 e. The normalized spacial score (nSPS) is 11.6. The molecule has 0 spiro atoms. The van der Waals surface area contributed by atoms with Crippen LogP contribution in [0.5, 0.6) is 17.2 Å². The van der Waals surface area contributed by atoms with Crippen LogP contribution in [-0.4, -0.2) is 38.7 Å². The first-order valence-electron chi connectivity index (χ1n) is 8.33. The fraction of sp³-hybridized carbons (Fsp3) is 0.350. The predicted octanol–water partition coefficient (Wildman–Crippen LogP) is 4.59. The van der Waals surface area contributed by atoms with E-state index in [0.717, 1.165) is 11.3 Å². The number of methoxy groups -OCH3 is 3. The molecule has 1 unspecified atom stereocenters. The number of hydrogen-bond acceptors (Lipinski definition) is 4. The van der Waals surface area contributed by atoms with Crippen molar-refractivity contribution < 1.29 is 19.0 Å². The van der Waals surface area contributed by atoms with Crippen LogP contribution in [0.15, 0.2) is 36.4 Å². The van der Waals surface area contributed by atoms with Crippen molar-refractivity contribution in [2.75, 3.05) is 27.9 Å². The number of ether oxygens (including phenoxy) is 3. The zero-order valence-electron chi connectivity index (χ0n) is 15.7. The highest BCUT2D eigenvalue weighted by molar-refractivity contribution is 6.32. The van der Waals surface area contributed by atoms with Gasteiger partial charge in [0.25, 0.3) is 5.91 Å². The SMILES string of the molecule is CCN(C(=O)c1cc(Cl)c(OC)c(OC)c1)C(C)c1cccc(OC)c1. The van der Waals surface area contributed by atoms with Crippen LogP contribution in [0.2, 0.25) is 5.02 Å². The summed E-state index contributed by atoms with van der Waals surface area (Å²) in [6.07, 6.45) is 0. The van der Waals surface area contributed by atoms with E-state index < -0.39 is 0 Å². The number of halogens is 1. The molecule has 5 nitrogen and oxygen atoms in total. The first-order valence-corrected chi connectivity index (χ1v) is 8.71. The first kappa shape index (κ1) is 19.9. The predicted molar refractivity (Wildman–Crippen MR) is 103 cm³/mol. The summed E-state index contributed by atoms with van der Waals surface area (Å²) in [5, 5.41) is 0.334. The molecule has 2 aromatic rings. The number of amides is 1. The maximum Gasteiger partial charge on any atom is 0.254 e. The van der Waals surface area contributed by atoms with E-state index in [0.29, 0.717) is 28.6 Å². The Balaban J connectivity index is 2.37. The zero-order valence-corrected chi connectivity index (χ0v) is 16.5. The molecule has 0 aromatic heterocycles. The molecule has 0 heterocycles. The van der Waals surface area contributed by atoms with Gasteiger partial charge in [-0.15, -0.1) is 0 Å². The lowest BCUT2D eigenvalue weighted by Gasteiger charge is -2.29. The average Bonchev–Trinajstić information content (AvgIpc) is 2.67. The van der Waals surface area contributed by atoms with Crippen molar-refractivity contribution in [1.82, 2.24) is 4.90 Å². The van der Waals surface area contributed by atoms with Gasteiger partial charge in [-0.3, -0.25) is 4.79 Å². The third-order valence-electron chi connectivity index (χ3n) is 4.33. The van der Waals surface area contributed by atoms with E-state index >= 15 is 0 Å². The molecular formula is C20H24ClNO4. The molecule has 2 aromatic carbocycles. The van der Waals surface area contributed by atoms with Gasteiger partial charge in [0.15, 0.2) is 11.5 Å². The minimum Gasteiger partial charge on any atom is -0.497 e. The van der Waals surface area contributed by atoms with Crippen molar-refractivity contribution in [3.63, 3.8) is 0 Å². The third kappa shape index (κ3) is 4.05. The lowest BCUT2D eigenvalue weighted by molar-refractivity contribution is 0.0701. The van der Waals surface area contributed by atoms with Gasteiger partial charge in [-0.1, -0.05) is 23.7 Å². The second-order valence-corrected chi connectivity index (χ2v) is 6.14. The van der Waals surface area contributed by atoms with Gasteiger partial charge < -0.3 is 19.1 Å². The quantitative estimate of drug-likeness (QED) is 0.708. The molecule has 1 atom stereocenters. The maximum atomic E-state index is 13.1. The molecule has 1 amide bonds. The molecule has 0 aliphatic rings. The monoisotopic (exact) mass is 377 g/mol. The molecule has 0 saturated heterocycles. The number of hydrogen-bond donors (Lipinski definition) is 0. The van der Waals surface area contributed by atoms with Gasteiger partial charge in [-0.2, -0.15) is 0 Å². The third-order valence-corrected chi connectivity index (χ3v) is 4.61. The maximum absolute atomic E-state index is 13.1. The molecule has 26 heavy (non-hydrogen) atoms. The molecule has 0 aliphatic carbocycles. The van der Waals surface area contributed by atoms with E-state index in [1.165, 1.54) is 14.2 Å². The summed E-state index contributed by atoms with van der Waals surface area (Å²) in [6.45, 7) is 4.47. The average molecular weight is 378 g/mol. The Morgan fingerprint density at radius 2 is 1.85 bits per heavy atom. The molecule has 0 fully saturated rings. The molecular weight excluding hydrogens is 354 g/mol. The van der Waals surface area contributed by atoms with Crippen molar-refractivity contribution in [2.24, 2.45) is 0 Å². The number of benzene rings is 2. The molecule has 6 heteroatoms. The Kier molecular flexibility index (Phi) is 6.75. The number of carbonyl (C=O) groups excluding carboxylic acids is 1. The van der Waals surface area contributed by atoms with E-state index in [4.69, 9.17) is 25.8 Å². The molecule has 0 aliphatic heterocycles. The minimum atomic E-state index is -0.134. The summed E-state index contributed by atoms with van der Waals surface area (Å²) in [6, 6.07) is 10.8. The number of rotatable bonds is 7. The van der Waals surface area contributed by atoms with E-state index in [1.54, 1.807) is 24.1 Å². The molecule has 0 radical (unpaired) electrons. The summed E-state index contributed by atoms with van der Waals surface area (Å²) in [4.78, 5) is 14.9. The Morgan fingerprint density at radius 1 is 1.12 bits per heavy atom. The Labute approximate surface area is 159 Å². The largest absolute Gasteiger partial charge is 0.497 e. The number of carbonyl (C=O) groups is 1. The second kappa shape index (κ2) is 8.81. The van der Waals surface area contributed by atoms with Gasteiger partial charge >= 0.3 is 0 Å². The van der Waals surface area contributed by atoms with Crippen molar-refractivity contribution in [1.29, 1.82) is 0 Å². The molecule has 140 valence electrons. The van der Waals surface area contributed by atoms with Crippen LogP contribution in [0.25, 0.3) is 0 Å². The van der Waals surface area contributed by atoms with E-state index in [2.05, 4.69) is 0 Å². The van der Waals surface area contributed by atoms with Crippen LogP contribution in [0.3, 0.4) is 0 Å². The van der Waals surface area contributed by atoms with Gasteiger partial charge in [0.2, 0.25) is 0 Å².